The third kappa shape index (κ3) is 5.51. The summed E-state index contributed by atoms with van der Waals surface area (Å²) in [7, 11) is 0. The lowest BCUT2D eigenvalue weighted by molar-refractivity contribution is 0.570. The van der Waals surface area contributed by atoms with Crippen molar-refractivity contribution >= 4 is 34.7 Å². The van der Waals surface area contributed by atoms with E-state index in [2.05, 4.69) is 20.8 Å². The van der Waals surface area contributed by atoms with Crippen LogP contribution in [0.1, 0.15) is 17.7 Å². The minimum Gasteiger partial charge on any atom is -0.362 e. The zero-order valence-corrected chi connectivity index (χ0v) is 16.4. The van der Waals surface area contributed by atoms with E-state index in [4.69, 9.17) is 23.8 Å². The third-order valence-electron chi connectivity index (χ3n) is 3.89. The molecular weight excluding hydrogens is 387 g/mol. The van der Waals surface area contributed by atoms with Crippen LogP contribution in [0.3, 0.4) is 0 Å². The Morgan fingerprint density at radius 2 is 2.00 bits per heavy atom. The number of hydrogen-bond donors (Lipinski definition) is 2. The van der Waals surface area contributed by atoms with Crippen LogP contribution >= 0.6 is 23.8 Å². The first kappa shape index (κ1) is 19.3. The molecule has 0 radical (unpaired) electrons. The average molecular weight is 407 g/mol. The van der Waals surface area contributed by atoms with E-state index in [0.29, 0.717) is 21.5 Å². The number of nitrogens with one attached hydrogen (secondary N) is 2. The van der Waals surface area contributed by atoms with Crippen LogP contribution in [-0.2, 0) is 13.1 Å². The van der Waals surface area contributed by atoms with Crippen LogP contribution in [0.2, 0.25) is 5.02 Å². The highest BCUT2D eigenvalue weighted by atomic mass is 35.5. The molecule has 0 saturated carbocycles. The third-order valence-corrected chi connectivity index (χ3v) is 4.49. The highest BCUT2D eigenvalue weighted by Crippen LogP contribution is 2.20. The molecule has 0 aliphatic carbocycles. The normalized spacial score (nSPS) is 10.8. The number of halogens is 2. The van der Waals surface area contributed by atoms with Crippen LogP contribution in [0.5, 0.6) is 0 Å². The molecular formula is C18H20ClFN6S. The largest absolute Gasteiger partial charge is 0.362 e. The number of benzene rings is 1. The summed E-state index contributed by atoms with van der Waals surface area (Å²) in [6, 6.07) is 8.37. The highest BCUT2D eigenvalue weighted by Gasteiger charge is 2.09. The van der Waals surface area contributed by atoms with E-state index in [0.717, 1.165) is 25.2 Å². The fraction of sp³-hybridized carbons (Fsp3) is 0.278. The predicted octanol–water partition coefficient (Wildman–Crippen LogP) is 3.61. The Kier molecular flexibility index (Phi) is 6.41. The van der Waals surface area contributed by atoms with E-state index in [1.54, 1.807) is 29.1 Å². The van der Waals surface area contributed by atoms with Gasteiger partial charge in [-0.05, 0) is 43.8 Å². The molecule has 2 aromatic heterocycles. The van der Waals surface area contributed by atoms with Gasteiger partial charge in [0.1, 0.15) is 5.82 Å². The van der Waals surface area contributed by atoms with Crippen molar-refractivity contribution in [3.63, 3.8) is 0 Å². The molecule has 0 saturated heterocycles. The quantitative estimate of drug-likeness (QED) is 0.463. The monoisotopic (exact) mass is 406 g/mol. The second-order valence-corrected chi connectivity index (χ2v) is 6.87. The topological polar surface area (TPSA) is 59.7 Å². The summed E-state index contributed by atoms with van der Waals surface area (Å²) in [5.41, 5.74) is 1.41. The fourth-order valence-corrected chi connectivity index (χ4v) is 2.98. The number of rotatable bonds is 7. The summed E-state index contributed by atoms with van der Waals surface area (Å²) in [4.78, 5) is 0. The van der Waals surface area contributed by atoms with Gasteiger partial charge < -0.3 is 10.6 Å². The first-order valence-corrected chi connectivity index (χ1v) is 9.31. The molecule has 142 valence electrons. The van der Waals surface area contributed by atoms with E-state index in [1.807, 2.05) is 23.9 Å². The van der Waals surface area contributed by atoms with Gasteiger partial charge in [-0.3, -0.25) is 9.36 Å². The van der Waals surface area contributed by atoms with Gasteiger partial charge in [0.15, 0.2) is 10.9 Å². The van der Waals surface area contributed by atoms with Gasteiger partial charge in [0.05, 0.1) is 12.2 Å². The van der Waals surface area contributed by atoms with E-state index in [1.165, 1.54) is 6.07 Å². The molecule has 3 aromatic rings. The van der Waals surface area contributed by atoms with Crippen molar-refractivity contribution < 1.29 is 4.39 Å². The van der Waals surface area contributed by atoms with E-state index < -0.39 is 0 Å². The van der Waals surface area contributed by atoms with E-state index >= 15 is 0 Å². The molecule has 2 N–H and O–H groups in total. The minimum absolute atomic E-state index is 0.247. The molecule has 1 aromatic carbocycles. The molecule has 9 heteroatoms. The lowest BCUT2D eigenvalue weighted by Crippen LogP contribution is -2.30. The summed E-state index contributed by atoms with van der Waals surface area (Å²) in [5, 5.41) is 15.7. The molecule has 0 spiro atoms. The predicted molar refractivity (Wildman–Crippen MR) is 109 cm³/mol. The number of thiocarbonyl (C=S) groups is 1. The van der Waals surface area contributed by atoms with Gasteiger partial charge in [-0.15, -0.1) is 0 Å². The zero-order valence-electron chi connectivity index (χ0n) is 14.8. The Labute approximate surface area is 167 Å². The number of aromatic nitrogens is 4. The first-order valence-electron chi connectivity index (χ1n) is 8.52. The molecule has 0 aliphatic heterocycles. The summed E-state index contributed by atoms with van der Waals surface area (Å²) in [6.07, 6.45) is 4.59. The summed E-state index contributed by atoms with van der Waals surface area (Å²) < 4.78 is 17.4. The maximum absolute atomic E-state index is 13.9. The van der Waals surface area contributed by atoms with E-state index in [9.17, 15) is 4.39 Å². The highest BCUT2D eigenvalue weighted by molar-refractivity contribution is 7.80. The number of aryl methyl sites for hydroxylation is 2. The maximum Gasteiger partial charge on any atom is 0.171 e. The van der Waals surface area contributed by atoms with Crippen molar-refractivity contribution in [1.29, 1.82) is 0 Å². The van der Waals surface area contributed by atoms with Crippen LogP contribution in [0.15, 0.2) is 42.7 Å². The van der Waals surface area contributed by atoms with Crippen molar-refractivity contribution in [2.45, 2.75) is 26.4 Å². The Bertz CT molecular complexity index is 902. The Morgan fingerprint density at radius 1 is 1.19 bits per heavy atom. The van der Waals surface area contributed by atoms with Gasteiger partial charge in [-0.2, -0.15) is 10.2 Å². The summed E-state index contributed by atoms with van der Waals surface area (Å²) in [5.74, 6) is 0.236. The van der Waals surface area contributed by atoms with Crippen molar-refractivity contribution in [3.05, 3.63) is 64.8 Å². The second-order valence-electron chi connectivity index (χ2n) is 6.05. The van der Waals surface area contributed by atoms with Crippen molar-refractivity contribution in [3.8, 4) is 0 Å². The SMILES string of the molecule is Cc1ccn(CCCNC(=S)Nc2ccn(Cc3c(F)cccc3Cl)n2)n1. The van der Waals surface area contributed by atoms with Crippen molar-refractivity contribution in [2.24, 2.45) is 0 Å². The minimum atomic E-state index is -0.350. The number of anilines is 1. The Hall–Kier alpha value is -2.45. The maximum atomic E-state index is 13.9. The molecule has 0 amide bonds. The van der Waals surface area contributed by atoms with Gasteiger partial charge >= 0.3 is 0 Å². The summed E-state index contributed by atoms with van der Waals surface area (Å²) >= 11 is 11.3. The lowest BCUT2D eigenvalue weighted by Gasteiger charge is -2.09. The van der Waals surface area contributed by atoms with Crippen molar-refractivity contribution in [1.82, 2.24) is 24.9 Å². The van der Waals surface area contributed by atoms with Crippen LogP contribution in [0, 0.1) is 12.7 Å². The molecule has 0 bridgehead atoms. The van der Waals surface area contributed by atoms with Crippen LogP contribution in [-0.4, -0.2) is 31.2 Å². The zero-order chi connectivity index (χ0) is 19.2. The van der Waals surface area contributed by atoms with Gasteiger partial charge in [-0.1, -0.05) is 17.7 Å². The number of nitrogens with zero attached hydrogens (tertiary/aromatic N) is 4. The van der Waals surface area contributed by atoms with Crippen LogP contribution in [0.25, 0.3) is 0 Å². The average Bonchev–Trinajstić information content (AvgIpc) is 3.24. The number of hydrogen-bond acceptors (Lipinski definition) is 3. The smallest absolute Gasteiger partial charge is 0.171 e. The molecule has 0 fully saturated rings. The van der Waals surface area contributed by atoms with Gasteiger partial charge in [0, 0.05) is 42.1 Å². The van der Waals surface area contributed by atoms with Gasteiger partial charge in [0.2, 0.25) is 0 Å². The second kappa shape index (κ2) is 8.96. The van der Waals surface area contributed by atoms with E-state index in [-0.39, 0.29) is 12.4 Å². The van der Waals surface area contributed by atoms with Crippen molar-refractivity contribution in [2.75, 3.05) is 11.9 Å². The first-order chi connectivity index (χ1) is 13.0. The van der Waals surface area contributed by atoms with Gasteiger partial charge in [-0.25, -0.2) is 4.39 Å². The molecule has 27 heavy (non-hydrogen) atoms. The molecule has 3 rings (SSSR count). The Morgan fingerprint density at radius 3 is 2.74 bits per heavy atom. The van der Waals surface area contributed by atoms with Crippen LogP contribution in [0.4, 0.5) is 10.2 Å². The Balaban J connectivity index is 1.45. The lowest BCUT2D eigenvalue weighted by atomic mass is 10.2. The van der Waals surface area contributed by atoms with Gasteiger partial charge in [0.25, 0.3) is 0 Å². The molecule has 0 unspecified atom stereocenters. The summed E-state index contributed by atoms with van der Waals surface area (Å²) in [6.45, 7) is 3.75. The molecule has 6 nitrogen and oxygen atoms in total. The standard InChI is InChI=1S/C18H20ClFN6S/c1-13-6-10-25(23-13)9-3-8-21-18(27)22-17-7-11-26(24-17)12-14-15(19)4-2-5-16(14)20/h2,4-7,10-11H,3,8-9,12H2,1H3,(H2,21,22,24,27). The fourth-order valence-electron chi connectivity index (χ4n) is 2.55. The van der Waals surface area contributed by atoms with Crippen LogP contribution < -0.4 is 10.6 Å². The molecule has 0 atom stereocenters. The molecule has 2 heterocycles. The molecule has 0 aliphatic rings.